The van der Waals surface area contributed by atoms with Gasteiger partial charge in [0.2, 0.25) is 11.6 Å². The lowest BCUT2D eigenvalue weighted by atomic mass is 10.2. The molecular weight excluding hydrogens is 292 g/mol. The molecule has 1 aromatic carbocycles. The van der Waals surface area contributed by atoms with E-state index in [9.17, 15) is 0 Å². The highest BCUT2D eigenvalue weighted by Gasteiger charge is 2.12. The fraction of sp³-hybridized carbons (Fsp3) is 0.118. The van der Waals surface area contributed by atoms with E-state index in [2.05, 4.69) is 28.7 Å². The van der Waals surface area contributed by atoms with E-state index in [0.29, 0.717) is 18.1 Å². The molecule has 6 nitrogen and oxygen atoms in total. The van der Waals surface area contributed by atoms with Crippen molar-refractivity contribution in [2.75, 3.05) is 12.0 Å². The number of nitriles is 1. The molecule has 0 aliphatic heterocycles. The summed E-state index contributed by atoms with van der Waals surface area (Å²) in [6.07, 6.45) is 3.26. The molecule has 0 saturated carbocycles. The van der Waals surface area contributed by atoms with Gasteiger partial charge in [-0.3, -0.25) is 0 Å². The van der Waals surface area contributed by atoms with Gasteiger partial charge in [0.1, 0.15) is 18.4 Å². The molecule has 1 aromatic heterocycles. The summed E-state index contributed by atoms with van der Waals surface area (Å²) in [5.41, 5.74) is 4.26. The Hall–Kier alpha value is -3.33. The third-order valence-electron chi connectivity index (χ3n) is 2.70. The van der Waals surface area contributed by atoms with Crippen LogP contribution in [-0.2, 0) is 0 Å². The van der Waals surface area contributed by atoms with Crippen molar-refractivity contribution in [3.63, 3.8) is 0 Å². The molecule has 116 valence electrons. The first-order valence-corrected chi connectivity index (χ1v) is 6.83. The lowest BCUT2D eigenvalue weighted by molar-refractivity contribution is 0.363. The number of hydrogen-bond acceptors (Lipinski definition) is 6. The van der Waals surface area contributed by atoms with Gasteiger partial charge in [-0.25, -0.2) is 5.43 Å². The Morgan fingerprint density at radius 2 is 2.39 bits per heavy atom. The molecule has 1 N–H and O–H groups in total. The van der Waals surface area contributed by atoms with E-state index in [1.54, 1.807) is 19.2 Å². The van der Waals surface area contributed by atoms with Crippen molar-refractivity contribution < 1.29 is 9.15 Å². The van der Waals surface area contributed by atoms with Crippen molar-refractivity contribution in [2.24, 2.45) is 5.10 Å². The standard InChI is InChI=1S/C17H16N4O2/c1-4-8-22-14-7-5-6-13(9-14)11-19-21-17-15(10-18)20-16(23-17)12(2)3/h4-7,9,11,21H,1-2,8H2,3H3. The summed E-state index contributed by atoms with van der Waals surface area (Å²) in [5, 5.41) is 13.1. The van der Waals surface area contributed by atoms with Gasteiger partial charge in [0.25, 0.3) is 5.88 Å². The van der Waals surface area contributed by atoms with Crippen LogP contribution < -0.4 is 10.2 Å². The second kappa shape index (κ2) is 7.61. The van der Waals surface area contributed by atoms with Gasteiger partial charge in [-0.05, 0) is 24.6 Å². The molecule has 2 rings (SSSR count). The number of aromatic nitrogens is 1. The number of nitrogens with zero attached hydrogens (tertiary/aromatic N) is 3. The van der Waals surface area contributed by atoms with Crippen molar-refractivity contribution in [1.29, 1.82) is 5.26 Å². The second-order valence-corrected chi connectivity index (χ2v) is 4.63. The van der Waals surface area contributed by atoms with Gasteiger partial charge in [-0.1, -0.05) is 31.4 Å². The summed E-state index contributed by atoms with van der Waals surface area (Å²) >= 11 is 0. The Morgan fingerprint density at radius 1 is 1.57 bits per heavy atom. The Kier molecular flexibility index (Phi) is 5.31. The lowest BCUT2D eigenvalue weighted by Gasteiger charge is -2.03. The maximum absolute atomic E-state index is 9.03. The van der Waals surface area contributed by atoms with Crippen molar-refractivity contribution in [3.8, 4) is 11.8 Å². The van der Waals surface area contributed by atoms with Crippen molar-refractivity contribution in [3.05, 3.63) is 60.6 Å². The average molecular weight is 308 g/mol. The van der Waals surface area contributed by atoms with E-state index in [0.717, 1.165) is 11.3 Å². The monoisotopic (exact) mass is 308 g/mol. The van der Waals surface area contributed by atoms with Crippen LogP contribution in [0.4, 0.5) is 5.88 Å². The second-order valence-electron chi connectivity index (χ2n) is 4.63. The minimum atomic E-state index is 0.128. The van der Waals surface area contributed by atoms with E-state index >= 15 is 0 Å². The molecule has 0 aliphatic rings. The van der Waals surface area contributed by atoms with E-state index in [1.165, 1.54) is 0 Å². The predicted molar refractivity (Wildman–Crippen MR) is 89.3 cm³/mol. The van der Waals surface area contributed by atoms with Crippen LogP contribution in [0.3, 0.4) is 0 Å². The SMILES string of the molecule is C=CCOc1cccc(C=NNc2oc(C(=C)C)nc2C#N)c1. The zero-order valence-electron chi connectivity index (χ0n) is 12.7. The van der Waals surface area contributed by atoms with E-state index in [1.807, 2.05) is 30.3 Å². The lowest BCUT2D eigenvalue weighted by Crippen LogP contribution is -1.94. The third kappa shape index (κ3) is 4.32. The Labute approximate surface area is 134 Å². The maximum Gasteiger partial charge on any atom is 0.252 e. The van der Waals surface area contributed by atoms with Gasteiger partial charge < -0.3 is 9.15 Å². The Morgan fingerprint density at radius 3 is 3.09 bits per heavy atom. The van der Waals surface area contributed by atoms with Crippen LogP contribution in [0.2, 0.25) is 0 Å². The number of anilines is 1. The van der Waals surface area contributed by atoms with E-state index in [4.69, 9.17) is 14.4 Å². The number of ether oxygens (including phenoxy) is 1. The number of rotatable bonds is 7. The first-order chi connectivity index (χ1) is 11.1. The van der Waals surface area contributed by atoms with Gasteiger partial charge >= 0.3 is 0 Å². The van der Waals surface area contributed by atoms with Crippen molar-refractivity contribution in [1.82, 2.24) is 4.98 Å². The largest absolute Gasteiger partial charge is 0.490 e. The van der Waals surface area contributed by atoms with Crippen LogP contribution in [-0.4, -0.2) is 17.8 Å². The molecule has 0 bridgehead atoms. The molecule has 0 aliphatic carbocycles. The normalized spacial score (nSPS) is 10.3. The molecule has 0 saturated heterocycles. The van der Waals surface area contributed by atoms with E-state index in [-0.39, 0.29) is 11.6 Å². The zero-order valence-corrected chi connectivity index (χ0v) is 12.7. The van der Waals surface area contributed by atoms with Crippen LogP contribution >= 0.6 is 0 Å². The minimum absolute atomic E-state index is 0.128. The van der Waals surface area contributed by atoms with Crippen LogP contribution in [0.1, 0.15) is 24.1 Å². The first kappa shape index (κ1) is 16.0. The van der Waals surface area contributed by atoms with Gasteiger partial charge in [-0.2, -0.15) is 15.3 Å². The number of allylic oxidation sites excluding steroid dienone is 1. The maximum atomic E-state index is 9.03. The fourth-order valence-corrected chi connectivity index (χ4v) is 1.66. The zero-order chi connectivity index (χ0) is 16.7. The minimum Gasteiger partial charge on any atom is -0.490 e. The molecule has 0 radical (unpaired) electrons. The summed E-state index contributed by atoms with van der Waals surface area (Å²) < 4.78 is 10.8. The third-order valence-corrected chi connectivity index (χ3v) is 2.70. The van der Waals surface area contributed by atoms with Gasteiger partial charge in [0.05, 0.1) is 6.21 Å². The number of hydrogen-bond donors (Lipinski definition) is 1. The van der Waals surface area contributed by atoms with E-state index < -0.39 is 0 Å². The summed E-state index contributed by atoms with van der Waals surface area (Å²) in [4.78, 5) is 4.01. The molecule has 23 heavy (non-hydrogen) atoms. The summed E-state index contributed by atoms with van der Waals surface area (Å²) in [7, 11) is 0. The molecule has 0 atom stereocenters. The summed E-state index contributed by atoms with van der Waals surface area (Å²) in [6, 6.07) is 9.35. The average Bonchev–Trinajstić information content (AvgIpc) is 2.97. The molecule has 0 spiro atoms. The number of benzene rings is 1. The summed E-state index contributed by atoms with van der Waals surface area (Å²) in [5.74, 6) is 1.20. The van der Waals surface area contributed by atoms with Crippen LogP contribution in [0.5, 0.6) is 5.75 Å². The summed E-state index contributed by atoms with van der Waals surface area (Å²) in [6.45, 7) is 9.51. The topological polar surface area (TPSA) is 83.4 Å². The first-order valence-electron chi connectivity index (χ1n) is 6.83. The Bertz CT molecular complexity index is 784. The van der Waals surface area contributed by atoms with Crippen LogP contribution in [0.25, 0.3) is 5.57 Å². The molecule has 0 fully saturated rings. The fourth-order valence-electron chi connectivity index (χ4n) is 1.66. The quantitative estimate of drug-likeness (QED) is 0.480. The van der Waals surface area contributed by atoms with Crippen LogP contribution in [0.15, 0.2) is 53.0 Å². The number of nitrogens with one attached hydrogen (secondary N) is 1. The molecular formula is C17H16N4O2. The van der Waals surface area contributed by atoms with Crippen molar-refractivity contribution >= 4 is 17.7 Å². The molecule has 1 heterocycles. The molecule has 2 aromatic rings. The predicted octanol–water partition coefficient (Wildman–Crippen LogP) is 3.59. The highest BCUT2D eigenvalue weighted by Crippen LogP contribution is 2.20. The van der Waals surface area contributed by atoms with Gasteiger partial charge in [0, 0.05) is 5.57 Å². The molecule has 0 amide bonds. The van der Waals surface area contributed by atoms with Gasteiger partial charge in [-0.15, -0.1) is 0 Å². The smallest absolute Gasteiger partial charge is 0.252 e. The Balaban J connectivity index is 2.08. The van der Waals surface area contributed by atoms with Gasteiger partial charge in [0.15, 0.2) is 0 Å². The van der Waals surface area contributed by atoms with Crippen molar-refractivity contribution in [2.45, 2.75) is 6.92 Å². The number of oxazole rings is 1. The highest BCUT2D eigenvalue weighted by molar-refractivity contribution is 5.80. The number of hydrazone groups is 1. The molecule has 6 heteroatoms. The van der Waals surface area contributed by atoms with Crippen LogP contribution in [0, 0.1) is 11.3 Å². The highest BCUT2D eigenvalue weighted by atomic mass is 16.5. The molecule has 0 unspecified atom stereocenters.